The molecule has 1 aliphatic heterocycles. The van der Waals surface area contributed by atoms with Crippen molar-refractivity contribution in [1.82, 2.24) is 0 Å². The van der Waals surface area contributed by atoms with Crippen LogP contribution in [0.4, 0.5) is 0 Å². The molecule has 14 nitrogen and oxygen atoms in total. The van der Waals surface area contributed by atoms with Crippen LogP contribution in [-0.4, -0.2) is 145 Å². The lowest BCUT2D eigenvalue weighted by molar-refractivity contribution is -0.322. The first kappa shape index (κ1) is 60.7. The van der Waals surface area contributed by atoms with E-state index in [1.54, 1.807) is 0 Å². The summed E-state index contributed by atoms with van der Waals surface area (Å²) in [5.41, 5.74) is 0. The Bertz CT molecular complexity index is 1130. The first-order valence-corrected chi connectivity index (χ1v) is 26.8. The van der Waals surface area contributed by atoms with Gasteiger partial charge in [-0.2, -0.15) is 0 Å². The number of rotatable bonds is 42. The van der Waals surface area contributed by atoms with Gasteiger partial charge in [0, 0.05) is 59.5 Å². The van der Waals surface area contributed by atoms with Crippen LogP contribution in [0.15, 0.2) is 0 Å². The Hall–Kier alpha value is -1.46. The normalized spacial score (nSPS) is 26.7. The molecule has 0 aromatic heterocycles. The van der Waals surface area contributed by atoms with E-state index in [1.807, 2.05) is 0 Å². The molecule has 1 heterocycles. The molecule has 11 atom stereocenters. The van der Waals surface area contributed by atoms with E-state index in [0.29, 0.717) is 59.5 Å². The van der Waals surface area contributed by atoms with Gasteiger partial charge in [0.05, 0.1) is 12.8 Å². The molecule has 2 rings (SSSR count). The van der Waals surface area contributed by atoms with Crippen molar-refractivity contribution in [2.45, 2.75) is 258 Å². The number of esters is 2. The van der Waals surface area contributed by atoms with Gasteiger partial charge in [0.25, 0.3) is 0 Å². The number of hydrogen-bond donors (Lipinski definition) is 0. The quantitative estimate of drug-likeness (QED) is 0.0423. The van der Waals surface area contributed by atoms with Gasteiger partial charge in [-0.05, 0) is 57.8 Å². The summed E-state index contributed by atoms with van der Waals surface area (Å²) in [6.45, 7) is 23.4. The van der Waals surface area contributed by atoms with Crippen LogP contribution in [0.25, 0.3) is 0 Å². The van der Waals surface area contributed by atoms with Crippen molar-refractivity contribution >= 4 is 11.9 Å². The molecule has 0 aromatic rings. The number of carbonyl (C=O) groups excluding carboxylic acids is 2. The SMILES string of the molecule is CCCCOC1C(OCCCC)C(OCCCC)[C@@H](OCCCC)C(OCCCC)C1OC(=O)CCC(=O)OCC1O[C@@H](OCCCC)[C@@H](OCCCC)C(OCCCC)[C@@H]1OCCCC. The third-order valence-corrected chi connectivity index (χ3v) is 12.0. The molecular weight excluding hydrogens is 849 g/mol. The van der Waals surface area contributed by atoms with E-state index in [4.69, 9.17) is 56.8 Å². The average Bonchev–Trinajstić information content (AvgIpc) is 3.31. The maximum Gasteiger partial charge on any atom is 0.306 e. The van der Waals surface area contributed by atoms with Crippen LogP contribution in [0.1, 0.15) is 191 Å². The Morgan fingerprint density at radius 2 is 0.606 bits per heavy atom. The van der Waals surface area contributed by atoms with Crippen molar-refractivity contribution in [3.05, 3.63) is 0 Å². The maximum absolute atomic E-state index is 14.0. The van der Waals surface area contributed by atoms with Crippen molar-refractivity contribution < 1.29 is 66.4 Å². The molecule has 0 spiro atoms. The molecule has 390 valence electrons. The van der Waals surface area contributed by atoms with Gasteiger partial charge in [-0.1, -0.05) is 120 Å². The third kappa shape index (κ3) is 23.0. The zero-order chi connectivity index (χ0) is 48.2. The van der Waals surface area contributed by atoms with Gasteiger partial charge >= 0.3 is 11.9 Å². The number of carbonyl (C=O) groups is 2. The van der Waals surface area contributed by atoms with Gasteiger partial charge in [0.2, 0.25) is 0 Å². The molecule has 66 heavy (non-hydrogen) atoms. The zero-order valence-corrected chi connectivity index (χ0v) is 43.3. The highest BCUT2D eigenvalue weighted by atomic mass is 16.7. The molecule has 0 radical (unpaired) electrons. The molecule has 0 bridgehead atoms. The minimum absolute atomic E-state index is 0.107. The first-order valence-electron chi connectivity index (χ1n) is 26.8. The summed E-state index contributed by atoms with van der Waals surface area (Å²) in [6, 6.07) is 0. The Kier molecular flexibility index (Phi) is 36.1. The van der Waals surface area contributed by atoms with Crippen LogP contribution in [0, 0.1) is 0 Å². The van der Waals surface area contributed by atoms with Crippen LogP contribution >= 0.6 is 0 Å². The Morgan fingerprint density at radius 1 is 0.333 bits per heavy atom. The van der Waals surface area contributed by atoms with Crippen LogP contribution in [0.5, 0.6) is 0 Å². The van der Waals surface area contributed by atoms with Crippen molar-refractivity contribution in [2.24, 2.45) is 0 Å². The highest BCUT2D eigenvalue weighted by Gasteiger charge is 2.56. The topological polar surface area (TPSA) is 145 Å². The van der Waals surface area contributed by atoms with E-state index in [9.17, 15) is 9.59 Å². The summed E-state index contributed by atoms with van der Waals surface area (Å²) >= 11 is 0. The largest absolute Gasteiger partial charge is 0.463 e. The van der Waals surface area contributed by atoms with Crippen molar-refractivity contribution in [3.8, 4) is 0 Å². The second kappa shape index (κ2) is 39.3. The van der Waals surface area contributed by atoms with Gasteiger partial charge in [0.15, 0.2) is 12.4 Å². The maximum atomic E-state index is 14.0. The summed E-state index contributed by atoms with van der Waals surface area (Å²) in [6.07, 6.45) is 9.02. The van der Waals surface area contributed by atoms with Crippen molar-refractivity contribution in [2.75, 3.05) is 66.1 Å². The lowest BCUT2D eigenvalue weighted by Crippen LogP contribution is -2.68. The van der Waals surface area contributed by atoms with Gasteiger partial charge < -0.3 is 56.8 Å². The fraction of sp³-hybridized carbons (Fsp3) is 0.962. The molecule has 1 aliphatic carbocycles. The number of unbranched alkanes of at least 4 members (excludes halogenated alkanes) is 9. The standard InChI is InChI=1S/C52H98O14/c1-10-19-30-55-43-40(65-52(63-38-27-18-9)51(62-37-26-17-8)44(43)56-31-20-11-2)39-64-41(53)28-29-42(54)66-50-48(60-35-24-15-6)46(58-33-22-13-4)45(57-32-21-12-3)47(59-34-23-14-5)49(50)61-36-25-16-7/h40,43-52H,10-39H2,1-9H3/t40?,43-,44?,45?,46-,47?,48?,49?,50?,51+,52-/m1/s1. The highest BCUT2D eigenvalue weighted by molar-refractivity contribution is 5.77. The molecule has 0 aromatic carbocycles. The van der Waals surface area contributed by atoms with Gasteiger partial charge in [0.1, 0.15) is 61.5 Å². The Morgan fingerprint density at radius 3 is 0.955 bits per heavy atom. The minimum Gasteiger partial charge on any atom is -0.463 e. The molecule has 2 fully saturated rings. The zero-order valence-electron chi connectivity index (χ0n) is 43.3. The second-order valence-corrected chi connectivity index (χ2v) is 17.9. The molecular formula is C52H98O14. The molecule has 1 saturated carbocycles. The van der Waals surface area contributed by atoms with Gasteiger partial charge in [-0.15, -0.1) is 0 Å². The van der Waals surface area contributed by atoms with E-state index in [-0.39, 0.29) is 19.4 Å². The summed E-state index contributed by atoms with van der Waals surface area (Å²) < 4.78 is 78.0. The van der Waals surface area contributed by atoms with E-state index >= 15 is 0 Å². The van der Waals surface area contributed by atoms with Gasteiger partial charge in [-0.25, -0.2) is 0 Å². The minimum atomic E-state index is -0.870. The lowest BCUT2D eigenvalue weighted by atomic mass is 9.83. The Balaban J connectivity index is 2.39. The molecule has 1 saturated heterocycles. The predicted octanol–water partition coefficient (Wildman–Crippen LogP) is 10.3. The summed E-state index contributed by atoms with van der Waals surface area (Å²) in [4.78, 5) is 27.6. The lowest BCUT2D eigenvalue weighted by Gasteiger charge is -2.49. The van der Waals surface area contributed by atoms with Crippen LogP contribution in [0.3, 0.4) is 0 Å². The van der Waals surface area contributed by atoms with E-state index < -0.39 is 79.3 Å². The van der Waals surface area contributed by atoms with Crippen molar-refractivity contribution in [1.29, 1.82) is 0 Å². The average molecular weight is 947 g/mol. The van der Waals surface area contributed by atoms with Crippen LogP contribution in [0.2, 0.25) is 0 Å². The summed E-state index contributed by atoms with van der Waals surface area (Å²) in [5.74, 6) is -1.12. The molecule has 14 heteroatoms. The van der Waals surface area contributed by atoms with E-state index in [2.05, 4.69) is 62.3 Å². The second-order valence-electron chi connectivity index (χ2n) is 17.9. The Labute approximate surface area is 401 Å². The summed E-state index contributed by atoms with van der Waals surface area (Å²) in [5, 5.41) is 0. The highest BCUT2D eigenvalue weighted by Crippen LogP contribution is 2.36. The molecule has 2 aliphatic rings. The number of ether oxygens (including phenoxy) is 12. The van der Waals surface area contributed by atoms with Crippen LogP contribution < -0.4 is 0 Å². The van der Waals surface area contributed by atoms with E-state index in [0.717, 1.165) is 116 Å². The fourth-order valence-corrected chi connectivity index (χ4v) is 7.83. The number of hydrogen-bond acceptors (Lipinski definition) is 14. The molecule has 0 amide bonds. The van der Waals surface area contributed by atoms with Crippen LogP contribution in [-0.2, 0) is 66.4 Å². The fourth-order valence-electron chi connectivity index (χ4n) is 7.83. The predicted molar refractivity (Wildman–Crippen MR) is 257 cm³/mol. The molecule has 7 unspecified atom stereocenters. The monoisotopic (exact) mass is 947 g/mol. The first-order chi connectivity index (χ1) is 32.3. The van der Waals surface area contributed by atoms with Gasteiger partial charge in [-0.3, -0.25) is 9.59 Å². The third-order valence-electron chi connectivity index (χ3n) is 12.0. The summed E-state index contributed by atoms with van der Waals surface area (Å²) in [7, 11) is 0. The molecule has 0 N–H and O–H groups in total. The smallest absolute Gasteiger partial charge is 0.306 e. The van der Waals surface area contributed by atoms with Crippen molar-refractivity contribution in [3.63, 3.8) is 0 Å². The van der Waals surface area contributed by atoms with E-state index in [1.165, 1.54) is 0 Å².